The second kappa shape index (κ2) is 9.71. The number of benzene rings is 2. The first kappa shape index (κ1) is 22.6. The Morgan fingerprint density at radius 3 is 2.52 bits per heavy atom. The molecule has 29 heavy (non-hydrogen) atoms. The fourth-order valence-corrected chi connectivity index (χ4v) is 4.13. The van der Waals surface area contributed by atoms with Crippen molar-refractivity contribution < 1.29 is 13.2 Å². The number of nitrogens with zero attached hydrogens (tertiary/aromatic N) is 3. The Kier molecular flexibility index (Phi) is 7.59. The van der Waals surface area contributed by atoms with E-state index in [2.05, 4.69) is 11.9 Å². The lowest BCUT2D eigenvalue weighted by Gasteiger charge is -2.19. The number of imidazole rings is 1. The van der Waals surface area contributed by atoms with E-state index in [1.807, 2.05) is 10.6 Å². The third-order valence-electron chi connectivity index (χ3n) is 4.55. The summed E-state index contributed by atoms with van der Waals surface area (Å²) in [5.74, 6) is 0.0277. The number of aromatic nitrogens is 2. The number of para-hydroxylation sites is 1. The second-order valence-corrected chi connectivity index (χ2v) is 8.43. The molecule has 0 aliphatic rings. The molecule has 0 saturated carbocycles. The molecule has 0 atom stereocenters. The number of aryl methyl sites for hydroxylation is 1. The molecular weight excluding hydrogens is 410 g/mol. The van der Waals surface area contributed by atoms with E-state index in [-0.39, 0.29) is 23.1 Å². The summed E-state index contributed by atoms with van der Waals surface area (Å²) < 4.78 is 29.0. The minimum absolute atomic E-state index is 0. The van der Waals surface area contributed by atoms with Crippen LogP contribution in [-0.2, 0) is 16.6 Å². The summed E-state index contributed by atoms with van der Waals surface area (Å²) in [7, 11) is -2.29. The number of hydrogen-bond donors (Lipinski definition) is 0. The largest absolute Gasteiger partial charge is 0.328 e. The minimum Gasteiger partial charge on any atom is -0.328 e. The van der Waals surface area contributed by atoms with Gasteiger partial charge in [-0.3, -0.25) is 9.10 Å². The summed E-state index contributed by atoms with van der Waals surface area (Å²) in [6.07, 6.45) is 5.30. The molecule has 0 fully saturated rings. The molecule has 1 aromatic heterocycles. The lowest BCUT2D eigenvalue weighted by Crippen LogP contribution is -2.26. The molecule has 0 aliphatic carbocycles. The summed E-state index contributed by atoms with van der Waals surface area (Å²) in [5, 5.41) is 0. The van der Waals surface area contributed by atoms with E-state index in [0.29, 0.717) is 23.6 Å². The van der Waals surface area contributed by atoms with Crippen LogP contribution < -0.4 is 4.31 Å². The fourth-order valence-electron chi connectivity index (χ4n) is 2.89. The molecule has 154 valence electrons. The van der Waals surface area contributed by atoms with Gasteiger partial charge in [0.1, 0.15) is 0 Å². The SMILES string of the molecule is CCCCn1ccnc1C(=O)c1cccc(S(=O)(=O)N(C)c2ccccc2)c1.Cl. The quantitative estimate of drug-likeness (QED) is 0.500. The van der Waals surface area contributed by atoms with Gasteiger partial charge in [-0.05, 0) is 30.7 Å². The minimum atomic E-state index is -3.79. The predicted molar refractivity (Wildman–Crippen MR) is 116 cm³/mol. The van der Waals surface area contributed by atoms with Crippen molar-refractivity contribution in [2.45, 2.75) is 31.2 Å². The molecule has 3 aromatic rings. The van der Waals surface area contributed by atoms with Crippen molar-refractivity contribution in [3.63, 3.8) is 0 Å². The molecule has 0 amide bonds. The van der Waals surface area contributed by atoms with Crippen LogP contribution in [0.1, 0.15) is 35.9 Å². The molecule has 8 heteroatoms. The molecule has 6 nitrogen and oxygen atoms in total. The molecule has 0 spiro atoms. The molecule has 0 N–H and O–H groups in total. The maximum absolute atomic E-state index is 13.0. The molecule has 0 bridgehead atoms. The monoisotopic (exact) mass is 433 g/mol. The highest BCUT2D eigenvalue weighted by Gasteiger charge is 2.23. The van der Waals surface area contributed by atoms with Crippen molar-refractivity contribution in [2.24, 2.45) is 0 Å². The van der Waals surface area contributed by atoms with Gasteiger partial charge in [-0.1, -0.05) is 43.7 Å². The first-order valence-corrected chi connectivity index (χ1v) is 10.6. The van der Waals surface area contributed by atoms with E-state index >= 15 is 0 Å². The molecule has 2 aromatic carbocycles. The lowest BCUT2D eigenvalue weighted by atomic mass is 10.1. The van der Waals surface area contributed by atoms with Gasteiger partial charge in [0.25, 0.3) is 10.0 Å². The number of carbonyl (C=O) groups is 1. The summed E-state index contributed by atoms with van der Waals surface area (Å²) in [6, 6.07) is 14.9. The summed E-state index contributed by atoms with van der Waals surface area (Å²) in [5.41, 5.74) is 0.848. The van der Waals surface area contributed by atoms with Crippen molar-refractivity contribution in [1.29, 1.82) is 0 Å². The predicted octanol–water partition coefficient (Wildman–Crippen LogP) is 4.16. The Labute approximate surface area is 177 Å². The normalized spacial score (nSPS) is 11.0. The summed E-state index contributed by atoms with van der Waals surface area (Å²) in [6.45, 7) is 2.78. The van der Waals surface area contributed by atoms with Crippen molar-refractivity contribution in [1.82, 2.24) is 9.55 Å². The number of halogens is 1. The fraction of sp³-hybridized carbons (Fsp3) is 0.238. The Hall–Kier alpha value is -2.64. The van der Waals surface area contributed by atoms with Gasteiger partial charge < -0.3 is 4.57 Å². The van der Waals surface area contributed by atoms with Crippen LogP contribution in [0.2, 0.25) is 0 Å². The smallest absolute Gasteiger partial charge is 0.264 e. The molecule has 1 heterocycles. The van der Waals surface area contributed by atoms with Gasteiger partial charge in [0, 0.05) is 31.5 Å². The van der Waals surface area contributed by atoms with E-state index in [1.165, 1.54) is 23.5 Å². The van der Waals surface area contributed by atoms with Crippen LogP contribution >= 0.6 is 12.4 Å². The zero-order chi connectivity index (χ0) is 20.1. The standard InChI is InChI=1S/C21H23N3O3S.ClH/c1-3-4-14-24-15-13-22-21(24)20(25)17-9-8-12-19(16-17)28(26,27)23(2)18-10-6-5-7-11-18;/h5-13,15-16H,3-4,14H2,1-2H3;1H. The van der Waals surface area contributed by atoms with Crippen LogP contribution in [0.3, 0.4) is 0 Å². The Balaban J connectivity index is 0.00000300. The lowest BCUT2D eigenvalue weighted by molar-refractivity contribution is 0.102. The summed E-state index contributed by atoms with van der Waals surface area (Å²) >= 11 is 0. The Morgan fingerprint density at radius 2 is 1.83 bits per heavy atom. The number of carbonyl (C=O) groups excluding carboxylic acids is 1. The Bertz CT molecular complexity index is 1070. The van der Waals surface area contributed by atoms with E-state index in [0.717, 1.165) is 12.8 Å². The second-order valence-electron chi connectivity index (χ2n) is 6.46. The highest BCUT2D eigenvalue weighted by atomic mass is 35.5. The third-order valence-corrected chi connectivity index (χ3v) is 6.33. The van der Waals surface area contributed by atoms with Crippen molar-refractivity contribution in [3.8, 4) is 0 Å². The summed E-state index contributed by atoms with van der Waals surface area (Å²) in [4.78, 5) is 17.2. The van der Waals surface area contributed by atoms with Gasteiger partial charge in [-0.25, -0.2) is 13.4 Å². The Morgan fingerprint density at radius 1 is 1.10 bits per heavy atom. The maximum atomic E-state index is 13.0. The van der Waals surface area contributed by atoms with Gasteiger partial charge >= 0.3 is 0 Å². The number of rotatable bonds is 8. The highest BCUT2D eigenvalue weighted by molar-refractivity contribution is 7.92. The van der Waals surface area contributed by atoms with Crippen molar-refractivity contribution in [3.05, 3.63) is 78.4 Å². The van der Waals surface area contributed by atoms with Crippen molar-refractivity contribution >= 4 is 33.9 Å². The zero-order valence-corrected chi connectivity index (χ0v) is 18.0. The van der Waals surface area contributed by atoms with E-state index in [9.17, 15) is 13.2 Å². The van der Waals surface area contributed by atoms with E-state index in [1.54, 1.807) is 48.8 Å². The van der Waals surface area contributed by atoms with E-state index in [4.69, 9.17) is 0 Å². The van der Waals surface area contributed by atoms with Gasteiger partial charge in [-0.15, -0.1) is 12.4 Å². The highest BCUT2D eigenvalue weighted by Crippen LogP contribution is 2.23. The van der Waals surface area contributed by atoms with Crippen molar-refractivity contribution in [2.75, 3.05) is 11.4 Å². The average Bonchev–Trinajstić information content (AvgIpc) is 3.20. The molecule has 0 radical (unpaired) electrons. The van der Waals surface area contributed by atoms with Gasteiger partial charge in [-0.2, -0.15) is 0 Å². The van der Waals surface area contributed by atoms with Crippen LogP contribution in [-0.4, -0.2) is 30.8 Å². The van der Waals surface area contributed by atoms with Crippen LogP contribution in [0.15, 0.2) is 71.9 Å². The van der Waals surface area contributed by atoms with Crippen LogP contribution in [0.4, 0.5) is 5.69 Å². The van der Waals surface area contributed by atoms with Crippen LogP contribution in [0, 0.1) is 0 Å². The number of hydrogen-bond acceptors (Lipinski definition) is 4. The number of unbranched alkanes of at least 4 members (excludes halogenated alkanes) is 1. The van der Waals surface area contributed by atoms with E-state index < -0.39 is 10.0 Å². The maximum Gasteiger partial charge on any atom is 0.264 e. The van der Waals surface area contributed by atoms with Gasteiger partial charge in [0.2, 0.25) is 5.78 Å². The van der Waals surface area contributed by atoms with Gasteiger partial charge in [0.05, 0.1) is 10.6 Å². The number of ketones is 1. The van der Waals surface area contributed by atoms with Crippen LogP contribution in [0.5, 0.6) is 0 Å². The number of anilines is 1. The molecule has 0 saturated heterocycles. The van der Waals surface area contributed by atoms with Gasteiger partial charge in [0.15, 0.2) is 5.82 Å². The topological polar surface area (TPSA) is 72.3 Å². The molecule has 0 aliphatic heterocycles. The first-order valence-electron chi connectivity index (χ1n) is 9.15. The third kappa shape index (κ3) is 4.86. The van der Waals surface area contributed by atoms with Crippen LogP contribution in [0.25, 0.3) is 0 Å². The number of sulfonamides is 1. The zero-order valence-electron chi connectivity index (χ0n) is 16.4. The molecule has 3 rings (SSSR count). The molecular formula is C21H24ClN3O3S. The average molecular weight is 434 g/mol. The first-order chi connectivity index (χ1) is 13.4. The molecule has 0 unspecified atom stereocenters.